The molecule has 0 spiro atoms. The second kappa shape index (κ2) is 3.89. The highest BCUT2D eigenvalue weighted by atomic mass is 79.9. The molecule has 0 nitrogen and oxygen atoms in total. The number of hydrogen-bond acceptors (Lipinski definition) is 1. The van der Waals surface area contributed by atoms with E-state index in [0.29, 0.717) is 0 Å². The first kappa shape index (κ1) is 9.97. The number of thiophene rings is 1. The van der Waals surface area contributed by atoms with E-state index in [2.05, 4.69) is 44.0 Å². The highest BCUT2D eigenvalue weighted by Gasteiger charge is 2.07. The van der Waals surface area contributed by atoms with Crippen molar-refractivity contribution in [1.29, 1.82) is 0 Å². The fourth-order valence-corrected chi connectivity index (χ4v) is 3.69. The van der Waals surface area contributed by atoms with Crippen molar-refractivity contribution in [2.45, 2.75) is 5.33 Å². The number of rotatable bonds is 1. The van der Waals surface area contributed by atoms with Gasteiger partial charge in [0.05, 0.1) is 5.02 Å². The minimum atomic E-state index is 0.833. The van der Waals surface area contributed by atoms with Crippen molar-refractivity contribution in [3.8, 4) is 0 Å². The molecule has 2 aromatic rings. The Bertz CT molecular complexity index is 450. The van der Waals surface area contributed by atoms with Crippen LogP contribution in [0.5, 0.6) is 0 Å². The van der Waals surface area contributed by atoms with Gasteiger partial charge in [-0.25, -0.2) is 0 Å². The first-order valence-corrected chi connectivity index (χ1v) is 6.80. The molecule has 0 radical (unpaired) electrons. The van der Waals surface area contributed by atoms with Gasteiger partial charge in [-0.1, -0.05) is 43.5 Å². The van der Waals surface area contributed by atoms with E-state index in [1.54, 1.807) is 11.3 Å². The largest absolute Gasteiger partial charge is 0.142 e. The van der Waals surface area contributed by atoms with E-state index in [-0.39, 0.29) is 0 Å². The van der Waals surface area contributed by atoms with Crippen LogP contribution in [0.25, 0.3) is 10.1 Å². The van der Waals surface area contributed by atoms with Crippen LogP contribution in [0.2, 0.25) is 5.02 Å². The zero-order valence-electron chi connectivity index (χ0n) is 6.48. The van der Waals surface area contributed by atoms with Gasteiger partial charge in [-0.05, 0) is 17.7 Å². The molecule has 0 aliphatic heterocycles. The summed E-state index contributed by atoms with van der Waals surface area (Å²) in [7, 11) is 0. The van der Waals surface area contributed by atoms with Gasteiger partial charge >= 0.3 is 0 Å². The topological polar surface area (TPSA) is 0 Å². The van der Waals surface area contributed by atoms with Crippen molar-refractivity contribution in [3.63, 3.8) is 0 Å². The molecule has 68 valence electrons. The summed E-state index contributed by atoms with van der Waals surface area (Å²) in [6.07, 6.45) is 0. The van der Waals surface area contributed by atoms with Crippen LogP contribution in [-0.4, -0.2) is 0 Å². The summed E-state index contributed by atoms with van der Waals surface area (Å²) in [5.41, 5.74) is 1.23. The lowest BCUT2D eigenvalue weighted by Crippen LogP contribution is -1.79. The molecule has 0 unspecified atom stereocenters. The van der Waals surface area contributed by atoms with Crippen LogP contribution in [0, 0.1) is 0 Å². The van der Waals surface area contributed by atoms with Crippen LogP contribution in [0.1, 0.15) is 5.56 Å². The third kappa shape index (κ3) is 1.80. The van der Waals surface area contributed by atoms with E-state index in [1.807, 2.05) is 5.38 Å². The Labute approximate surface area is 102 Å². The van der Waals surface area contributed by atoms with Gasteiger partial charge in [-0.15, -0.1) is 11.3 Å². The first-order valence-electron chi connectivity index (χ1n) is 3.63. The second-order valence-corrected chi connectivity index (χ2v) is 5.45. The maximum Gasteiger partial charge on any atom is 0.0594 e. The minimum absolute atomic E-state index is 0.833. The van der Waals surface area contributed by atoms with Crippen LogP contribution in [-0.2, 0) is 5.33 Å². The highest BCUT2D eigenvalue weighted by Crippen LogP contribution is 2.35. The van der Waals surface area contributed by atoms with Crippen molar-refractivity contribution in [1.82, 2.24) is 0 Å². The van der Waals surface area contributed by atoms with E-state index < -0.39 is 0 Å². The van der Waals surface area contributed by atoms with E-state index in [4.69, 9.17) is 11.6 Å². The quantitative estimate of drug-likeness (QED) is 0.625. The van der Waals surface area contributed by atoms with Crippen molar-refractivity contribution < 1.29 is 0 Å². The highest BCUT2D eigenvalue weighted by molar-refractivity contribution is 9.10. The maximum atomic E-state index is 6.08. The molecular weight excluding hydrogens is 335 g/mol. The molecule has 4 heteroatoms. The average molecular weight is 340 g/mol. The third-order valence-corrected chi connectivity index (χ3v) is 4.24. The molecule has 0 aliphatic rings. The molecule has 1 aromatic heterocycles. The monoisotopic (exact) mass is 338 g/mol. The van der Waals surface area contributed by atoms with Gasteiger partial charge in [-0.3, -0.25) is 0 Å². The molecule has 0 N–H and O–H groups in total. The Balaban J connectivity index is 2.85. The fourth-order valence-electron chi connectivity index (χ4n) is 1.28. The lowest BCUT2D eigenvalue weighted by atomic mass is 10.1. The Hall–Kier alpha value is 0.430. The Morgan fingerprint density at radius 2 is 2.15 bits per heavy atom. The van der Waals surface area contributed by atoms with E-state index in [9.17, 15) is 0 Å². The van der Waals surface area contributed by atoms with Gasteiger partial charge in [0.15, 0.2) is 0 Å². The number of alkyl halides is 1. The summed E-state index contributed by atoms with van der Waals surface area (Å²) in [4.78, 5) is 0. The smallest absolute Gasteiger partial charge is 0.0594 e. The molecular formula is C9H5Br2ClS. The van der Waals surface area contributed by atoms with E-state index in [0.717, 1.165) is 14.8 Å². The normalized spacial score (nSPS) is 11.0. The van der Waals surface area contributed by atoms with Gasteiger partial charge in [0.1, 0.15) is 0 Å². The van der Waals surface area contributed by atoms with Crippen LogP contribution in [0.15, 0.2) is 22.0 Å². The van der Waals surface area contributed by atoms with Crippen LogP contribution in [0.4, 0.5) is 0 Å². The SMILES string of the molecule is Clc1csc2cc(Br)cc(CBr)c12. The Kier molecular flexibility index (Phi) is 2.98. The van der Waals surface area contributed by atoms with Crippen LogP contribution in [0.3, 0.4) is 0 Å². The molecule has 0 saturated carbocycles. The van der Waals surface area contributed by atoms with Gasteiger partial charge in [-0.2, -0.15) is 0 Å². The fraction of sp³-hybridized carbons (Fsp3) is 0.111. The zero-order valence-corrected chi connectivity index (χ0v) is 11.2. The third-order valence-electron chi connectivity index (χ3n) is 1.82. The standard InChI is InChI=1S/C9H5Br2ClS/c10-3-5-1-6(11)2-8-9(5)7(12)4-13-8/h1-2,4H,3H2. The minimum Gasteiger partial charge on any atom is -0.142 e. The van der Waals surface area contributed by atoms with Gasteiger partial charge < -0.3 is 0 Å². The summed E-state index contributed by atoms with van der Waals surface area (Å²) in [5, 5.41) is 4.83. The molecule has 0 fully saturated rings. The van der Waals surface area contributed by atoms with Crippen molar-refractivity contribution in [2.24, 2.45) is 0 Å². The number of hydrogen-bond donors (Lipinski definition) is 0. The van der Waals surface area contributed by atoms with Crippen molar-refractivity contribution >= 4 is 64.9 Å². The summed E-state index contributed by atoms with van der Waals surface area (Å²) in [6.45, 7) is 0. The molecule has 0 saturated heterocycles. The van der Waals surface area contributed by atoms with Gasteiger partial charge in [0.2, 0.25) is 0 Å². The lowest BCUT2D eigenvalue weighted by Gasteiger charge is -2.00. The summed E-state index contributed by atoms with van der Waals surface area (Å²) in [5.74, 6) is 0. The zero-order chi connectivity index (χ0) is 9.42. The number of fused-ring (bicyclic) bond motifs is 1. The summed E-state index contributed by atoms with van der Waals surface area (Å²) < 4.78 is 2.33. The van der Waals surface area contributed by atoms with Crippen molar-refractivity contribution in [3.05, 3.63) is 32.6 Å². The van der Waals surface area contributed by atoms with Crippen molar-refractivity contribution in [2.75, 3.05) is 0 Å². The molecule has 2 rings (SSSR count). The molecule has 0 atom stereocenters. The second-order valence-electron chi connectivity index (χ2n) is 2.66. The molecule has 1 heterocycles. The van der Waals surface area contributed by atoms with Crippen LogP contribution >= 0.6 is 54.8 Å². The summed E-state index contributed by atoms with van der Waals surface area (Å²) >= 11 is 14.7. The summed E-state index contributed by atoms with van der Waals surface area (Å²) in [6, 6.07) is 4.19. The predicted octanol–water partition coefficient (Wildman–Crippen LogP) is 5.21. The van der Waals surface area contributed by atoms with E-state index >= 15 is 0 Å². The number of benzene rings is 1. The first-order chi connectivity index (χ1) is 6.22. The van der Waals surface area contributed by atoms with Gasteiger partial charge in [0.25, 0.3) is 0 Å². The predicted molar refractivity (Wildman–Crippen MR) is 67.2 cm³/mol. The average Bonchev–Trinajstić information content (AvgIpc) is 2.46. The van der Waals surface area contributed by atoms with Crippen LogP contribution < -0.4 is 0 Å². The molecule has 13 heavy (non-hydrogen) atoms. The van der Waals surface area contributed by atoms with E-state index in [1.165, 1.54) is 15.6 Å². The molecule has 0 amide bonds. The van der Waals surface area contributed by atoms with Gasteiger partial charge in [0, 0.05) is 25.3 Å². The molecule has 1 aromatic carbocycles. The number of halogens is 3. The molecule has 0 aliphatic carbocycles. The lowest BCUT2D eigenvalue weighted by molar-refractivity contribution is 1.49. The Morgan fingerprint density at radius 1 is 1.38 bits per heavy atom. The Morgan fingerprint density at radius 3 is 2.85 bits per heavy atom. The maximum absolute atomic E-state index is 6.08. The molecule has 0 bridgehead atoms.